The molecule has 0 unspecified atom stereocenters. The maximum Gasteiger partial charge on any atom is 0.336 e. The van der Waals surface area contributed by atoms with Gasteiger partial charge in [-0.25, -0.2) is 4.79 Å². The molecule has 0 bridgehead atoms. The van der Waals surface area contributed by atoms with E-state index in [1.807, 2.05) is 56.3 Å². The van der Waals surface area contributed by atoms with Gasteiger partial charge in [0.2, 0.25) is 0 Å². The Kier molecular flexibility index (Phi) is 4.52. The van der Waals surface area contributed by atoms with Gasteiger partial charge in [0.05, 0.1) is 0 Å². The van der Waals surface area contributed by atoms with E-state index in [0.29, 0.717) is 12.2 Å². The van der Waals surface area contributed by atoms with Crippen molar-refractivity contribution in [1.82, 2.24) is 0 Å². The Morgan fingerprint density at radius 1 is 1.17 bits per heavy atom. The van der Waals surface area contributed by atoms with E-state index in [2.05, 4.69) is 6.58 Å². The minimum atomic E-state index is -0.320. The van der Waals surface area contributed by atoms with Crippen LogP contribution in [0.4, 0.5) is 0 Å². The van der Waals surface area contributed by atoms with Crippen LogP contribution in [0.1, 0.15) is 29.2 Å². The molecule has 0 saturated carbocycles. The number of hydrogen-bond acceptors (Lipinski definition) is 3. The molecule has 3 nitrogen and oxygen atoms in total. The van der Waals surface area contributed by atoms with Gasteiger partial charge in [-0.15, -0.1) is 0 Å². The zero-order valence-electron chi connectivity index (χ0n) is 14.0. The Hall–Kier alpha value is -2.81. The summed E-state index contributed by atoms with van der Waals surface area (Å²) in [4.78, 5) is 11.8. The van der Waals surface area contributed by atoms with Crippen molar-refractivity contribution in [3.63, 3.8) is 0 Å². The number of ether oxygens (including phenoxy) is 1. The third kappa shape index (κ3) is 3.11. The normalized spacial score (nSPS) is 10.8. The predicted octanol–water partition coefficient (Wildman–Crippen LogP) is 4.89. The summed E-state index contributed by atoms with van der Waals surface area (Å²) in [6.07, 6.45) is 2.60. The second-order valence-corrected chi connectivity index (χ2v) is 5.74. The molecule has 0 amide bonds. The van der Waals surface area contributed by atoms with Crippen LogP contribution in [-0.4, -0.2) is 0 Å². The minimum Gasteiger partial charge on any atom is -0.488 e. The van der Waals surface area contributed by atoms with Gasteiger partial charge in [-0.05, 0) is 42.2 Å². The molecule has 3 aromatic rings. The highest BCUT2D eigenvalue weighted by molar-refractivity contribution is 5.84. The Labute approximate surface area is 141 Å². The van der Waals surface area contributed by atoms with E-state index >= 15 is 0 Å². The minimum absolute atomic E-state index is 0.320. The third-order valence-electron chi connectivity index (χ3n) is 4.19. The molecule has 0 atom stereocenters. The van der Waals surface area contributed by atoms with E-state index < -0.39 is 0 Å². The first-order valence-electron chi connectivity index (χ1n) is 8.03. The molecular formula is C21H20O3. The van der Waals surface area contributed by atoms with Gasteiger partial charge in [0, 0.05) is 17.0 Å². The fourth-order valence-electron chi connectivity index (χ4n) is 2.77. The fraction of sp³-hybridized carbons (Fsp3) is 0.190. The molecule has 0 aliphatic carbocycles. The van der Waals surface area contributed by atoms with Crippen LogP contribution in [0.3, 0.4) is 0 Å². The molecule has 0 radical (unpaired) electrons. The second kappa shape index (κ2) is 6.75. The smallest absolute Gasteiger partial charge is 0.336 e. The van der Waals surface area contributed by atoms with Crippen molar-refractivity contribution in [2.75, 3.05) is 0 Å². The summed E-state index contributed by atoms with van der Waals surface area (Å²) >= 11 is 0. The van der Waals surface area contributed by atoms with Gasteiger partial charge in [-0.3, -0.25) is 0 Å². The molecule has 3 heteroatoms. The van der Waals surface area contributed by atoms with Crippen LogP contribution in [0.15, 0.2) is 58.3 Å². The van der Waals surface area contributed by atoms with Gasteiger partial charge in [0.1, 0.15) is 17.9 Å². The van der Waals surface area contributed by atoms with Crippen molar-refractivity contribution in [3.05, 3.63) is 81.7 Å². The average Bonchev–Trinajstić information content (AvgIpc) is 2.61. The molecule has 1 heterocycles. The molecule has 0 aliphatic rings. The van der Waals surface area contributed by atoms with Crippen molar-refractivity contribution < 1.29 is 9.15 Å². The van der Waals surface area contributed by atoms with Crippen LogP contribution in [0.2, 0.25) is 0 Å². The van der Waals surface area contributed by atoms with Crippen LogP contribution < -0.4 is 10.4 Å². The number of hydrogen-bond donors (Lipinski definition) is 0. The van der Waals surface area contributed by atoms with E-state index in [1.165, 1.54) is 0 Å². The zero-order valence-corrected chi connectivity index (χ0v) is 14.0. The first-order chi connectivity index (χ1) is 11.6. The van der Waals surface area contributed by atoms with Crippen molar-refractivity contribution in [1.29, 1.82) is 0 Å². The lowest BCUT2D eigenvalue weighted by Gasteiger charge is -2.12. The van der Waals surface area contributed by atoms with E-state index in [4.69, 9.17) is 9.15 Å². The molecule has 3 rings (SSSR count). The molecule has 24 heavy (non-hydrogen) atoms. The number of benzene rings is 2. The Morgan fingerprint density at radius 3 is 2.58 bits per heavy atom. The summed E-state index contributed by atoms with van der Waals surface area (Å²) in [5.41, 5.74) is 4.29. The monoisotopic (exact) mass is 320 g/mol. The first kappa shape index (κ1) is 16.1. The van der Waals surface area contributed by atoms with Crippen molar-refractivity contribution in [3.8, 4) is 5.75 Å². The zero-order chi connectivity index (χ0) is 17.1. The molecule has 122 valence electrons. The Balaban J connectivity index is 1.90. The van der Waals surface area contributed by atoms with E-state index in [0.717, 1.165) is 39.8 Å². The summed E-state index contributed by atoms with van der Waals surface area (Å²) in [6, 6.07) is 13.5. The van der Waals surface area contributed by atoms with Gasteiger partial charge < -0.3 is 9.15 Å². The maximum atomic E-state index is 11.8. The summed E-state index contributed by atoms with van der Waals surface area (Å²) in [7, 11) is 0. The van der Waals surface area contributed by atoms with Crippen LogP contribution in [0.25, 0.3) is 17.0 Å². The molecule has 0 saturated heterocycles. The van der Waals surface area contributed by atoms with E-state index in [9.17, 15) is 4.79 Å². The highest BCUT2D eigenvalue weighted by Gasteiger charge is 2.11. The quantitative estimate of drug-likeness (QED) is 0.629. The van der Waals surface area contributed by atoms with Gasteiger partial charge in [-0.1, -0.05) is 43.8 Å². The summed E-state index contributed by atoms with van der Waals surface area (Å²) in [5, 5.41) is 0.970. The highest BCUT2D eigenvalue weighted by Crippen LogP contribution is 2.29. The summed E-state index contributed by atoms with van der Waals surface area (Å²) in [6.45, 7) is 8.15. The Morgan fingerprint density at radius 2 is 1.92 bits per heavy atom. The van der Waals surface area contributed by atoms with E-state index in [-0.39, 0.29) is 5.63 Å². The SMILES string of the molecule is C=Cc1ccc(COc2ccc3c(CC)cc(=O)oc3c2C)cc1. The van der Waals surface area contributed by atoms with Crippen molar-refractivity contribution in [2.45, 2.75) is 26.9 Å². The highest BCUT2D eigenvalue weighted by atomic mass is 16.5. The van der Waals surface area contributed by atoms with Crippen molar-refractivity contribution >= 4 is 17.0 Å². The molecule has 0 aliphatic heterocycles. The number of aryl methyl sites for hydroxylation is 2. The van der Waals surface area contributed by atoms with Crippen LogP contribution in [-0.2, 0) is 13.0 Å². The van der Waals surface area contributed by atoms with Gasteiger partial charge in [0.25, 0.3) is 0 Å². The number of rotatable bonds is 5. The van der Waals surface area contributed by atoms with E-state index in [1.54, 1.807) is 6.07 Å². The molecule has 0 spiro atoms. The lowest BCUT2D eigenvalue weighted by Crippen LogP contribution is -2.02. The second-order valence-electron chi connectivity index (χ2n) is 5.74. The largest absolute Gasteiger partial charge is 0.488 e. The van der Waals surface area contributed by atoms with Crippen molar-refractivity contribution in [2.24, 2.45) is 0 Å². The Bertz CT molecular complexity index is 934. The third-order valence-corrected chi connectivity index (χ3v) is 4.19. The summed E-state index contributed by atoms with van der Waals surface area (Å²) < 4.78 is 11.3. The van der Waals surface area contributed by atoms with Crippen LogP contribution in [0.5, 0.6) is 5.75 Å². The standard InChI is InChI=1S/C21H20O3/c1-4-15-6-8-16(9-7-15)13-23-19-11-10-18-17(5-2)12-20(22)24-21(18)14(19)3/h4,6-12H,1,5,13H2,2-3H3. The molecule has 1 aromatic heterocycles. The molecule has 0 fully saturated rings. The van der Waals surface area contributed by atoms with Crippen LogP contribution >= 0.6 is 0 Å². The number of fused-ring (bicyclic) bond motifs is 1. The average molecular weight is 320 g/mol. The van der Waals surface area contributed by atoms with Gasteiger partial charge >= 0.3 is 5.63 Å². The molecule has 2 aromatic carbocycles. The summed E-state index contributed by atoms with van der Waals surface area (Å²) in [5.74, 6) is 0.728. The van der Waals surface area contributed by atoms with Gasteiger partial charge in [-0.2, -0.15) is 0 Å². The lowest BCUT2D eigenvalue weighted by molar-refractivity contribution is 0.304. The maximum absolute atomic E-state index is 11.8. The first-order valence-corrected chi connectivity index (χ1v) is 8.03. The lowest BCUT2D eigenvalue weighted by atomic mass is 10.0. The topological polar surface area (TPSA) is 39.4 Å². The predicted molar refractivity (Wildman–Crippen MR) is 97.5 cm³/mol. The fourth-order valence-corrected chi connectivity index (χ4v) is 2.77. The molecular weight excluding hydrogens is 300 g/mol. The van der Waals surface area contributed by atoms with Gasteiger partial charge in [0.15, 0.2) is 0 Å². The molecule has 0 N–H and O–H groups in total. The van der Waals surface area contributed by atoms with Crippen LogP contribution in [0, 0.1) is 6.92 Å².